The van der Waals surface area contributed by atoms with Gasteiger partial charge >= 0.3 is 122 Å². The van der Waals surface area contributed by atoms with Crippen LogP contribution in [0.1, 0.15) is 24.5 Å². The van der Waals surface area contributed by atoms with Crippen LogP contribution in [0, 0.1) is 0 Å². The van der Waals surface area contributed by atoms with Crippen LogP contribution in [-0.4, -0.2) is 53.0 Å². The van der Waals surface area contributed by atoms with Crippen molar-refractivity contribution in [1.29, 1.82) is 0 Å². The predicted molar refractivity (Wildman–Crippen MR) is 76.1 cm³/mol. The molecule has 1 aromatic carbocycles. The third-order valence-electron chi connectivity index (χ3n) is 3.50. The van der Waals surface area contributed by atoms with Gasteiger partial charge in [0.25, 0.3) is 0 Å². The molecule has 1 heterocycles. The van der Waals surface area contributed by atoms with Crippen LogP contribution < -0.4 is 4.74 Å². The van der Waals surface area contributed by atoms with Crippen LogP contribution in [0.5, 0.6) is 5.75 Å². The Balaban J connectivity index is 2.04. The van der Waals surface area contributed by atoms with E-state index in [-0.39, 0.29) is 10.6 Å². The van der Waals surface area contributed by atoms with Crippen LogP contribution in [0.2, 0.25) is 4.71 Å². The van der Waals surface area contributed by atoms with Gasteiger partial charge in [0, 0.05) is 0 Å². The Hall–Kier alpha value is -0.992. The zero-order valence-corrected chi connectivity index (χ0v) is 13.5. The van der Waals surface area contributed by atoms with Gasteiger partial charge in [-0.1, -0.05) is 0 Å². The van der Waals surface area contributed by atoms with Crippen molar-refractivity contribution in [2.75, 3.05) is 20.2 Å². The number of aliphatic hydroxyl groups excluding tert-OH is 1. The SMILES string of the molecule is COc1ccc(C(O)C([AsH2])C(=O)N2CCCC2)cc1. The second-order valence-electron chi connectivity index (χ2n) is 4.78. The molecule has 0 aromatic heterocycles. The summed E-state index contributed by atoms with van der Waals surface area (Å²) in [4.78, 5) is 14.1. The van der Waals surface area contributed by atoms with E-state index in [9.17, 15) is 9.90 Å². The van der Waals surface area contributed by atoms with Crippen molar-refractivity contribution >= 4 is 22.8 Å². The maximum atomic E-state index is 12.2. The topological polar surface area (TPSA) is 49.8 Å². The number of nitrogens with zero attached hydrogens (tertiary/aromatic N) is 1. The minimum absolute atomic E-state index is 0.0702. The number of likely N-dealkylation sites (tertiary alicyclic amines) is 1. The summed E-state index contributed by atoms with van der Waals surface area (Å²) in [5.74, 6) is 0.820. The molecule has 1 N–H and O–H groups in total. The fourth-order valence-corrected chi connectivity index (χ4v) is 3.20. The molecule has 1 aromatic rings. The number of amides is 1. The third kappa shape index (κ3) is 3.31. The summed E-state index contributed by atoms with van der Waals surface area (Å²) in [6, 6.07) is 7.23. The van der Waals surface area contributed by atoms with Gasteiger partial charge in [0.2, 0.25) is 0 Å². The number of ether oxygens (including phenoxy) is 1. The average Bonchev–Trinajstić information content (AvgIpc) is 2.99. The fraction of sp³-hybridized carbons (Fsp3) is 0.500. The van der Waals surface area contributed by atoms with E-state index in [4.69, 9.17) is 4.74 Å². The summed E-state index contributed by atoms with van der Waals surface area (Å²) in [5.41, 5.74) is 0.766. The Morgan fingerprint density at radius 1 is 1.32 bits per heavy atom. The standard InChI is InChI=1S/C14H20AsNO3/c1-19-11-6-4-10(5-7-11)13(17)12(15)14(18)16-8-2-3-9-16/h4-7,12-13,17H,2-3,8-9,15H2,1H3. The van der Waals surface area contributed by atoms with Crippen LogP contribution in [-0.2, 0) is 4.79 Å². The van der Waals surface area contributed by atoms with E-state index in [2.05, 4.69) is 0 Å². The third-order valence-corrected chi connectivity index (χ3v) is 4.86. The zero-order chi connectivity index (χ0) is 13.8. The van der Waals surface area contributed by atoms with Gasteiger partial charge in [0.15, 0.2) is 0 Å². The molecule has 3 atom stereocenters. The molecular weight excluding hydrogens is 305 g/mol. The molecule has 1 amide bonds. The van der Waals surface area contributed by atoms with Gasteiger partial charge in [-0.2, -0.15) is 0 Å². The molecule has 19 heavy (non-hydrogen) atoms. The van der Waals surface area contributed by atoms with Crippen molar-refractivity contribution in [3.63, 3.8) is 0 Å². The molecule has 1 aliphatic rings. The molecule has 1 saturated heterocycles. The summed E-state index contributed by atoms with van der Waals surface area (Å²) in [6.45, 7) is 1.66. The van der Waals surface area contributed by atoms with E-state index in [1.165, 1.54) is 16.9 Å². The number of hydrogen-bond acceptors (Lipinski definition) is 3. The van der Waals surface area contributed by atoms with Gasteiger partial charge in [0.05, 0.1) is 0 Å². The second kappa shape index (κ2) is 6.44. The Morgan fingerprint density at radius 2 is 1.89 bits per heavy atom. The van der Waals surface area contributed by atoms with E-state index in [1.807, 2.05) is 17.0 Å². The molecule has 0 spiro atoms. The molecule has 4 nitrogen and oxygen atoms in total. The number of methoxy groups -OCH3 is 1. The van der Waals surface area contributed by atoms with E-state index < -0.39 is 6.10 Å². The molecule has 0 aliphatic carbocycles. The van der Waals surface area contributed by atoms with Crippen molar-refractivity contribution in [1.82, 2.24) is 4.90 Å². The minimum atomic E-state index is -0.737. The molecule has 5 heteroatoms. The molecule has 1 fully saturated rings. The van der Waals surface area contributed by atoms with Gasteiger partial charge in [-0.05, 0) is 0 Å². The van der Waals surface area contributed by atoms with E-state index in [0.29, 0.717) is 0 Å². The second-order valence-corrected chi connectivity index (χ2v) is 6.28. The van der Waals surface area contributed by atoms with Crippen LogP contribution in [0.15, 0.2) is 24.3 Å². The molecule has 3 unspecified atom stereocenters. The van der Waals surface area contributed by atoms with Crippen molar-refractivity contribution in [3.05, 3.63) is 29.8 Å². The normalized spacial score (nSPS) is 18.2. The van der Waals surface area contributed by atoms with Crippen molar-refractivity contribution in [2.24, 2.45) is 0 Å². The quantitative estimate of drug-likeness (QED) is 0.832. The number of rotatable bonds is 4. The van der Waals surface area contributed by atoms with E-state index >= 15 is 0 Å². The van der Waals surface area contributed by atoms with E-state index in [1.54, 1.807) is 19.2 Å². The molecule has 0 radical (unpaired) electrons. The van der Waals surface area contributed by atoms with Crippen LogP contribution in [0.4, 0.5) is 0 Å². The molecule has 104 valence electrons. The monoisotopic (exact) mass is 325 g/mol. The summed E-state index contributed by atoms with van der Waals surface area (Å²) < 4.78 is 4.74. The molecule has 0 bridgehead atoms. The number of benzene rings is 1. The van der Waals surface area contributed by atoms with E-state index in [0.717, 1.165) is 37.2 Å². The van der Waals surface area contributed by atoms with Crippen LogP contribution in [0.25, 0.3) is 0 Å². The Morgan fingerprint density at radius 3 is 2.42 bits per heavy atom. The summed E-state index contributed by atoms with van der Waals surface area (Å²) >= 11 is 1.28. The van der Waals surface area contributed by atoms with Gasteiger partial charge in [0.1, 0.15) is 0 Å². The first-order valence-corrected chi connectivity index (χ1v) is 7.89. The zero-order valence-electron chi connectivity index (χ0n) is 11.1. The van der Waals surface area contributed by atoms with Crippen LogP contribution in [0.3, 0.4) is 0 Å². The maximum absolute atomic E-state index is 12.2. The summed E-state index contributed by atoms with van der Waals surface area (Å²) in [7, 11) is 1.61. The number of hydrogen-bond donors (Lipinski definition) is 1. The summed E-state index contributed by atoms with van der Waals surface area (Å²) in [5, 5.41) is 10.3. The van der Waals surface area contributed by atoms with Gasteiger partial charge in [-0.25, -0.2) is 0 Å². The average molecular weight is 325 g/mol. The first-order valence-electron chi connectivity index (χ1n) is 6.50. The first kappa shape index (κ1) is 14.4. The Labute approximate surface area is 122 Å². The molecular formula is C14H20AsNO3. The summed E-state index contributed by atoms with van der Waals surface area (Å²) in [6.07, 6.45) is 1.41. The van der Waals surface area contributed by atoms with Gasteiger partial charge in [-0.15, -0.1) is 0 Å². The number of carbonyl (C=O) groups is 1. The van der Waals surface area contributed by atoms with Gasteiger partial charge in [-0.3, -0.25) is 0 Å². The van der Waals surface area contributed by atoms with Crippen molar-refractivity contribution in [3.8, 4) is 5.75 Å². The Kier molecular flexibility index (Phi) is 4.89. The Bertz CT molecular complexity index is 429. The number of aliphatic hydroxyl groups is 1. The van der Waals surface area contributed by atoms with Gasteiger partial charge < -0.3 is 0 Å². The molecule has 2 rings (SSSR count). The first-order chi connectivity index (χ1) is 9.13. The molecule has 1 aliphatic heterocycles. The molecule has 0 saturated carbocycles. The van der Waals surface area contributed by atoms with Crippen LogP contribution >= 0.6 is 0 Å². The number of carbonyl (C=O) groups excluding carboxylic acids is 1. The predicted octanol–water partition coefficient (Wildman–Crippen LogP) is 0.773. The van der Waals surface area contributed by atoms with Crippen molar-refractivity contribution < 1.29 is 14.6 Å². The van der Waals surface area contributed by atoms with Crippen molar-refractivity contribution in [2.45, 2.75) is 23.7 Å². The fourth-order valence-electron chi connectivity index (χ4n) is 2.29.